The zero-order valence-corrected chi connectivity index (χ0v) is 16.1. The highest BCUT2D eigenvalue weighted by Crippen LogP contribution is 2.30. The van der Waals surface area contributed by atoms with Crippen molar-refractivity contribution < 1.29 is 23.7 Å². The number of benzene rings is 2. The molecule has 9 heteroatoms. The maximum absolute atomic E-state index is 12.7. The summed E-state index contributed by atoms with van der Waals surface area (Å²) < 4.78 is 16.0. The lowest BCUT2D eigenvalue weighted by atomic mass is 10.2. The van der Waals surface area contributed by atoms with E-state index in [0.717, 1.165) is 5.56 Å². The summed E-state index contributed by atoms with van der Waals surface area (Å²) in [5, 5.41) is 17.4. The van der Waals surface area contributed by atoms with Crippen LogP contribution < -0.4 is 14.8 Å². The Labute approximate surface area is 166 Å². The van der Waals surface area contributed by atoms with Crippen molar-refractivity contribution in [3.8, 4) is 11.5 Å². The summed E-state index contributed by atoms with van der Waals surface area (Å²) in [6, 6.07) is 11.4. The molecule has 9 nitrogen and oxygen atoms in total. The summed E-state index contributed by atoms with van der Waals surface area (Å²) in [6.45, 7) is 3.76. The van der Waals surface area contributed by atoms with E-state index in [1.54, 1.807) is 6.92 Å². The molecular weight excluding hydrogens is 378 g/mol. The van der Waals surface area contributed by atoms with Gasteiger partial charge in [0.2, 0.25) is 0 Å². The molecule has 3 rings (SSSR count). The lowest BCUT2D eigenvalue weighted by molar-refractivity contribution is -0.384. The molecule has 0 radical (unpaired) electrons. The van der Waals surface area contributed by atoms with E-state index >= 15 is 0 Å². The summed E-state index contributed by atoms with van der Waals surface area (Å²) in [6.07, 6.45) is 0. The number of hydrogen-bond donors (Lipinski definition) is 1. The smallest absolute Gasteiger partial charge is 0.278 e. The fourth-order valence-electron chi connectivity index (χ4n) is 2.61. The molecule has 0 atom stereocenters. The number of aryl methyl sites for hydroxylation is 2. The Kier molecular flexibility index (Phi) is 5.77. The van der Waals surface area contributed by atoms with Crippen molar-refractivity contribution in [3.63, 3.8) is 0 Å². The number of anilines is 1. The molecule has 1 heterocycles. The number of aromatic nitrogens is 1. The zero-order valence-electron chi connectivity index (χ0n) is 16.1. The van der Waals surface area contributed by atoms with Crippen LogP contribution in [-0.4, -0.2) is 23.1 Å². The van der Waals surface area contributed by atoms with E-state index in [0.29, 0.717) is 17.1 Å². The van der Waals surface area contributed by atoms with E-state index in [-0.39, 0.29) is 29.4 Å². The molecule has 150 valence electrons. The molecule has 0 spiro atoms. The number of rotatable bonds is 7. The SMILES string of the molecule is COc1cc([N+](=O)[O-])ccc1NC(=O)c1noc(C)c1COc1ccc(C)cc1. The van der Waals surface area contributed by atoms with Crippen LogP contribution in [0.5, 0.6) is 11.5 Å². The number of non-ortho nitro benzene ring substituents is 1. The van der Waals surface area contributed by atoms with Crippen LogP contribution in [0.1, 0.15) is 27.4 Å². The molecule has 2 aromatic carbocycles. The van der Waals surface area contributed by atoms with Crippen molar-refractivity contribution in [3.05, 3.63) is 75.2 Å². The van der Waals surface area contributed by atoms with Gasteiger partial charge in [0.15, 0.2) is 5.69 Å². The van der Waals surface area contributed by atoms with Crippen molar-refractivity contribution >= 4 is 17.3 Å². The molecule has 29 heavy (non-hydrogen) atoms. The molecule has 1 N–H and O–H groups in total. The highest BCUT2D eigenvalue weighted by molar-refractivity contribution is 6.04. The Morgan fingerprint density at radius 3 is 2.59 bits per heavy atom. The van der Waals surface area contributed by atoms with Crippen molar-refractivity contribution in [2.45, 2.75) is 20.5 Å². The normalized spacial score (nSPS) is 10.4. The highest BCUT2D eigenvalue weighted by Gasteiger charge is 2.22. The fraction of sp³-hybridized carbons (Fsp3) is 0.200. The van der Waals surface area contributed by atoms with Crippen LogP contribution in [0.4, 0.5) is 11.4 Å². The minimum atomic E-state index is -0.546. The Morgan fingerprint density at radius 2 is 1.93 bits per heavy atom. The van der Waals surface area contributed by atoms with E-state index < -0.39 is 10.8 Å². The van der Waals surface area contributed by atoms with Crippen LogP contribution in [0, 0.1) is 24.0 Å². The van der Waals surface area contributed by atoms with E-state index in [1.807, 2.05) is 31.2 Å². The van der Waals surface area contributed by atoms with Crippen LogP contribution >= 0.6 is 0 Å². The zero-order chi connectivity index (χ0) is 21.0. The maximum Gasteiger partial charge on any atom is 0.278 e. The van der Waals surface area contributed by atoms with Crippen molar-refractivity contribution in [2.24, 2.45) is 0 Å². The van der Waals surface area contributed by atoms with E-state index in [1.165, 1.54) is 25.3 Å². The first-order valence-corrected chi connectivity index (χ1v) is 8.67. The number of amides is 1. The summed E-state index contributed by atoms with van der Waals surface area (Å²) >= 11 is 0. The van der Waals surface area contributed by atoms with Gasteiger partial charge in [-0.3, -0.25) is 14.9 Å². The van der Waals surface area contributed by atoms with Gasteiger partial charge in [0.25, 0.3) is 11.6 Å². The lowest BCUT2D eigenvalue weighted by Crippen LogP contribution is -2.16. The molecule has 0 aliphatic carbocycles. The van der Waals surface area contributed by atoms with Gasteiger partial charge in [-0.1, -0.05) is 22.9 Å². The predicted molar refractivity (Wildman–Crippen MR) is 104 cm³/mol. The second kappa shape index (κ2) is 8.42. The minimum Gasteiger partial charge on any atom is -0.494 e. The van der Waals surface area contributed by atoms with Gasteiger partial charge in [0.05, 0.1) is 29.4 Å². The molecule has 0 bridgehead atoms. The molecule has 0 aliphatic heterocycles. The van der Waals surface area contributed by atoms with Gasteiger partial charge in [-0.25, -0.2) is 0 Å². The van der Waals surface area contributed by atoms with Crippen LogP contribution in [0.15, 0.2) is 47.0 Å². The summed E-state index contributed by atoms with van der Waals surface area (Å²) in [7, 11) is 1.36. The van der Waals surface area contributed by atoms with Crippen LogP contribution in [0.3, 0.4) is 0 Å². The van der Waals surface area contributed by atoms with Gasteiger partial charge in [-0.05, 0) is 32.0 Å². The first kappa shape index (κ1) is 19.9. The molecule has 1 amide bonds. The quantitative estimate of drug-likeness (QED) is 0.472. The van der Waals surface area contributed by atoms with Gasteiger partial charge < -0.3 is 19.3 Å². The average molecular weight is 397 g/mol. The van der Waals surface area contributed by atoms with E-state index in [4.69, 9.17) is 14.0 Å². The topological polar surface area (TPSA) is 117 Å². The van der Waals surface area contributed by atoms with E-state index in [9.17, 15) is 14.9 Å². The number of nitro groups is 1. The first-order valence-electron chi connectivity index (χ1n) is 8.67. The second-order valence-corrected chi connectivity index (χ2v) is 6.26. The number of hydrogen-bond acceptors (Lipinski definition) is 7. The molecule has 0 saturated carbocycles. The highest BCUT2D eigenvalue weighted by atomic mass is 16.6. The molecule has 0 fully saturated rings. The van der Waals surface area contributed by atoms with Crippen molar-refractivity contribution in [1.82, 2.24) is 5.16 Å². The van der Waals surface area contributed by atoms with Crippen LogP contribution in [0.25, 0.3) is 0 Å². The molecule has 0 unspecified atom stereocenters. The van der Waals surface area contributed by atoms with Gasteiger partial charge in [-0.15, -0.1) is 0 Å². The van der Waals surface area contributed by atoms with Gasteiger partial charge in [0, 0.05) is 6.07 Å². The number of ether oxygens (including phenoxy) is 2. The monoisotopic (exact) mass is 397 g/mol. The fourth-order valence-corrected chi connectivity index (χ4v) is 2.61. The first-order chi connectivity index (χ1) is 13.9. The molecule has 0 aliphatic rings. The number of nitrogens with zero attached hydrogens (tertiary/aromatic N) is 2. The van der Waals surface area contributed by atoms with Crippen LogP contribution in [-0.2, 0) is 6.61 Å². The summed E-state index contributed by atoms with van der Waals surface area (Å²) in [4.78, 5) is 23.1. The molecule has 1 aromatic heterocycles. The van der Waals surface area contributed by atoms with Crippen molar-refractivity contribution in [1.29, 1.82) is 0 Å². The summed E-state index contributed by atoms with van der Waals surface area (Å²) in [5.74, 6) is 0.722. The number of carbonyl (C=O) groups excluding carboxylic acids is 1. The molecule has 3 aromatic rings. The van der Waals surface area contributed by atoms with Gasteiger partial charge in [-0.2, -0.15) is 0 Å². The second-order valence-electron chi connectivity index (χ2n) is 6.26. The third-order valence-corrected chi connectivity index (χ3v) is 4.25. The van der Waals surface area contributed by atoms with Gasteiger partial charge in [0.1, 0.15) is 23.9 Å². The largest absolute Gasteiger partial charge is 0.494 e. The van der Waals surface area contributed by atoms with Crippen molar-refractivity contribution in [2.75, 3.05) is 12.4 Å². The molecular formula is C20H19N3O6. The Bertz CT molecular complexity index is 1040. The summed E-state index contributed by atoms with van der Waals surface area (Å²) in [5.41, 5.74) is 1.80. The lowest BCUT2D eigenvalue weighted by Gasteiger charge is -2.10. The number of nitrogens with one attached hydrogen (secondary N) is 1. The number of nitro benzene ring substituents is 1. The third kappa shape index (κ3) is 4.52. The predicted octanol–water partition coefficient (Wildman–Crippen LogP) is 4.04. The van der Waals surface area contributed by atoms with E-state index in [2.05, 4.69) is 10.5 Å². The maximum atomic E-state index is 12.7. The Morgan fingerprint density at radius 1 is 1.21 bits per heavy atom. The standard InChI is InChI=1S/C20H19N3O6/c1-12-4-7-15(8-5-12)28-11-16-13(2)29-22-19(16)20(24)21-17-9-6-14(23(25)26)10-18(17)27-3/h4-10H,11H2,1-3H3,(H,21,24). The molecule has 0 saturated heterocycles. The number of methoxy groups -OCH3 is 1. The third-order valence-electron chi connectivity index (χ3n) is 4.25. The average Bonchev–Trinajstić information content (AvgIpc) is 3.08. The minimum absolute atomic E-state index is 0.0648. The number of carbonyl (C=O) groups is 1. The van der Waals surface area contributed by atoms with Gasteiger partial charge >= 0.3 is 0 Å². The Balaban J connectivity index is 1.78. The Hall–Kier alpha value is -3.88. The van der Waals surface area contributed by atoms with Crippen LogP contribution in [0.2, 0.25) is 0 Å².